The third-order valence-corrected chi connectivity index (χ3v) is 5.60. The molecule has 1 aromatic rings. The monoisotopic (exact) mass is 416 g/mol. The molecule has 6 nitrogen and oxygen atoms in total. The van der Waals surface area contributed by atoms with E-state index in [1.807, 2.05) is 4.90 Å². The van der Waals surface area contributed by atoms with Crippen LogP contribution in [0.25, 0.3) is 0 Å². The molecule has 2 aliphatic rings. The molecule has 1 aliphatic heterocycles. The van der Waals surface area contributed by atoms with Crippen LogP contribution < -0.4 is 0 Å². The van der Waals surface area contributed by atoms with E-state index < -0.39 is 12.1 Å². The Morgan fingerprint density at radius 1 is 1.24 bits per heavy atom. The van der Waals surface area contributed by atoms with Gasteiger partial charge in [0.1, 0.15) is 6.61 Å². The van der Waals surface area contributed by atoms with Crippen molar-refractivity contribution in [3.63, 3.8) is 0 Å². The van der Waals surface area contributed by atoms with Crippen LogP contribution in [-0.4, -0.2) is 72.9 Å². The summed E-state index contributed by atoms with van der Waals surface area (Å²) in [6.07, 6.45) is -5.08. The third kappa shape index (κ3) is 5.08. The summed E-state index contributed by atoms with van der Waals surface area (Å²) in [4.78, 5) is 25.5. The highest BCUT2D eigenvalue weighted by Crippen LogP contribution is 2.51. The van der Waals surface area contributed by atoms with Gasteiger partial charge in [0.15, 0.2) is 0 Å². The van der Waals surface area contributed by atoms with Crippen molar-refractivity contribution in [1.82, 2.24) is 9.80 Å². The summed E-state index contributed by atoms with van der Waals surface area (Å²) in [6.45, 7) is 6.32. The highest BCUT2D eigenvalue weighted by molar-refractivity contribution is 5.78. The number of benzene rings is 1. The largest absolute Gasteiger partial charge is 0.490 e. The Hall–Kier alpha value is -2.13. The summed E-state index contributed by atoms with van der Waals surface area (Å²) in [6, 6.07) is 9.65. The average molecular weight is 416 g/mol. The second kappa shape index (κ2) is 9.13. The van der Waals surface area contributed by atoms with Crippen LogP contribution >= 0.6 is 0 Å². The average Bonchev–Trinajstić information content (AvgIpc) is 3.18. The molecule has 3 atom stereocenters. The number of ether oxygens (including phenoxy) is 1. The number of carbonyl (C=O) groups excluding carboxylic acids is 1. The lowest BCUT2D eigenvalue weighted by Crippen LogP contribution is -2.37. The molecular formula is C20H27F3N2O4. The fourth-order valence-corrected chi connectivity index (χ4v) is 4.09. The van der Waals surface area contributed by atoms with Crippen LogP contribution in [0.3, 0.4) is 0 Å². The molecule has 1 N–H and O–H groups in total. The highest BCUT2D eigenvalue weighted by atomic mass is 19.4. The van der Waals surface area contributed by atoms with Crippen LogP contribution in [0, 0.1) is 5.92 Å². The molecule has 1 amide bonds. The van der Waals surface area contributed by atoms with Gasteiger partial charge in [-0.1, -0.05) is 24.3 Å². The van der Waals surface area contributed by atoms with Gasteiger partial charge in [-0.05, 0) is 32.0 Å². The lowest BCUT2D eigenvalue weighted by atomic mass is 9.93. The minimum absolute atomic E-state index is 0.111. The first kappa shape index (κ1) is 23.2. The molecule has 0 saturated carbocycles. The molecule has 9 heteroatoms. The van der Waals surface area contributed by atoms with E-state index >= 15 is 0 Å². The van der Waals surface area contributed by atoms with Crippen molar-refractivity contribution in [1.29, 1.82) is 0 Å². The van der Waals surface area contributed by atoms with Crippen molar-refractivity contribution in [2.45, 2.75) is 38.0 Å². The number of halogens is 3. The van der Waals surface area contributed by atoms with Crippen LogP contribution in [0.15, 0.2) is 24.3 Å². The number of aliphatic carboxylic acids is 1. The summed E-state index contributed by atoms with van der Waals surface area (Å²) in [7, 11) is 3.79. The van der Waals surface area contributed by atoms with Gasteiger partial charge in [-0.2, -0.15) is 13.2 Å². The SMILES string of the molecule is COCC(=O)N1C[C@H]2[C@@H](C1)c1ccccc1[C@@H]2N(C)C(C)C.O=C(O)C(F)(F)F. The van der Waals surface area contributed by atoms with Gasteiger partial charge < -0.3 is 14.7 Å². The summed E-state index contributed by atoms with van der Waals surface area (Å²) >= 11 is 0. The van der Waals surface area contributed by atoms with Crippen molar-refractivity contribution in [2.24, 2.45) is 5.92 Å². The number of alkyl halides is 3. The van der Waals surface area contributed by atoms with Crippen LogP contribution in [-0.2, 0) is 14.3 Å². The molecule has 0 unspecified atom stereocenters. The van der Waals surface area contributed by atoms with E-state index in [9.17, 15) is 18.0 Å². The normalized spacial score (nSPS) is 22.9. The minimum atomic E-state index is -5.08. The molecule has 0 aromatic heterocycles. The maximum absolute atomic E-state index is 12.2. The Balaban J connectivity index is 0.000000370. The predicted octanol–water partition coefficient (Wildman–Crippen LogP) is 2.90. The van der Waals surface area contributed by atoms with Crippen LogP contribution in [0.1, 0.15) is 36.9 Å². The number of hydrogen-bond acceptors (Lipinski definition) is 4. The Kier molecular flexibility index (Phi) is 7.29. The van der Waals surface area contributed by atoms with E-state index in [1.54, 1.807) is 7.11 Å². The lowest BCUT2D eigenvalue weighted by Gasteiger charge is -2.33. The standard InChI is InChI=1S/C18H26N2O2.C2HF3O2/c1-12(2)19(3)18-14-8-6-5-7-13(14)15-9-20(10-16(15)18)17(21)11-22-4;3-2(4,5)1(6)7/h5-8,12,15-16,18H,9-11H2,1-4H3;(H,6,7)/t15-,16-,18-;/m0./s1. The quantitative estimate of drug-likeness (QED) is 0.818. The first-order valence-corrected chi connectivity index (χ1v) is 9.36. The number of methoxy groups -OCH3 is 1. The number of fused-ring (bicyclic) bond motifs is 3. The van der Waals surface area contributed by atoms with Gasteiger partial charge in [-0.3, -0.25) is 9.69 Å². The Morgan fingerprint density at radius 3 is 2.28 bits per heavy atom. The van der Waals surface area contributed by atoms with E-state index in [1.165, 1.54) is 11.1 Å². The number of amides is 1. The zero-order valence-electron chi connectivity index (χ0n) is 16.9. The first-order valence-electron chi connectivity index (χ1n) is 9.36. The maximum atomic E-state index is 12.2. The molecule has 0 bridgehead atoms. The van der Waals surface area contributed by atoms with E-state index in [0.717, 1.165) is 13.1 Å². The second-order valence-corrected chi connectivity index (χ2v) is 7.64. The molecular weight excluding hydrogens is 389 g/mol. The molecule has 0 spiro atoms. The smallest absolute Gasteiger partial charge is 0.475 e. The molecule has 162 valence electrons. The van der Waals surface area contributed by atoms with Gasteiger partial charge in [0.2, 0.25) is 5.91 Å². The molecule has 1 fully saturated rings. The highest BCUT2D eigenvalue weighted by Gasteiger charge is 2.48. The van der Waals surface area contributed by atoms with E-state index in [4.69, 9.17) is 14.6 Å². The number of nitrogens with zero attached hydrogens (tertiary/aromatic N) is 2. The second-order valence-electron chi connectivity index (χ2n) is 7.64. The number of likely N-dealkylation sites (tertiary alicyclic amines) is 1. The summed E-state index contributed by atoms with van der Waals surface area (Å²) < 4.78 is 36.8. The fourth-order valence-electron chi connectivity index (χ4n) is 4.09. The van der Waals surface area contributed by atoms with Crippen LogP contribution in [0.5, 0.6) is 0 Å². The van der Waals surface area contributed by atoms with E-state index in [-0.39, 0.29) is 12.5 Å². The van der Waals surface area contributed by atoms with Gasteiger partial charge in [-0.25, -0.2) is 4.79 Å². The number of rotatable bonds is 4. The molecule has 1 heterocycles. The van der Waals surface area contributed by atoms with Gasteiger partial charge in [0.25, 0.3) is 0 Å². The maximum Gasteiger partial charge on any atom is 0.490 e. The Bertz CT molecular complexity index is 739. The van der Waals surface area contributed by atoms with Crippen molar-refractivity contribution in [3.05, 3.63) is 35.4 Å². The summed E-state index contributed by atoms with van der Waals surface area (Å²) in [5.74, 6) is -1.69. The summed E-state index contributed by atoms with van der Waals surface area (Å²) in [5, 5.41) is 7.12. The van der Waals surface area contributed by atoms with E-state index in [0.29, 0.717) is 23.9 Å². The predicted molar refractivity (Wildman–Crippen MR) is 100 cm³/mol. The van der Waals surface area contributed by atoms with Gasteiger partial charge >= 0.3 is 12.1 Å². The summed E-state index contributed by atoms with van der Waals surface area (Å²) in [5.41, 5.74) is 2.88. The lowest BCUT2D eigenvalue weighted by molar-refractivity contribution is -0.192. The molecule has 1 aliphatic carbocycles. The van der Waals surface area contributed by atoms with E-state index in [2.05, 4.69) is 50.1 Å². The Morgan fingerprint density at radius 2 is 1.79 bits per heavy atom. The number of carboxylic acids is 1. The molecule has 3 rings (SSSR count). The van der Waals surface area contributed by atoms with Gasteiger partial charge in [0.05, 0.1) is 0 Å². The van der Waals surface area contributed by atoms with Crippen molar-refractivity contribution >= 4 is 11.9 Å². The van der Waals surface area contributed by atoms with Crippen molar-refractivity contribution in [2.75, 3.05) is 33.9 Å². The fraction of sp³-hybridized carbons (Fsp3) is 0.600. The first-order chi connectivity index (χ1) is 13.5. The third-order valence-electron chi connectivity index (χ3n) is 5.60. The number of carboxylic acid groups (broad SMARTS) is 1. The molecule has 1 aromatic carbocycles. The zero-order valence-corrected chi connectivity index (χ0v) is 16.9. The van der Waals surface area contributed by atoms with Crippen LogP contribution in [0.4, 0.5) is 13.2 Å². The molecule has 1 saturated heterocycles. The van der Waals surface area contributed by atoms with Gasteiger partial charge in [-0.15, -0.1) is 0 Å². The zero-order chi connectivity index (χ0) is 21.9. The topological polar surface area (TPSA) is 70.1 Å². The molecule has 29 heavy (non-hydrogen) atoms. The number of hydrogen-bond donors (Lipinski definition) is 1. The Labute approximate surface area is 168 Å². The molecule has 0 radical (unpaired) electrons. The minimum Gasteiger partial charge on any atom is -0.475 e. The van der Waals surface area contributed by atoms with Crippen LogP contribution in [0.2, 0.25) is 0 Å². The van der Waals surface area contributed by atoms with Crippen molar-refractivity contribution < 1.29 is 32.6 Å². The number of carbonyl (C=O) groups is 2. The van der Waals surface area contributed by atoms with Gasteiger partial charge in [0, 0.05) is 44.1 Å². The van der Waals surface area contributed by atoms with Crippen molar-refractivity contribution in [3.8, 4) is 0 Å².